The minimum absolute atomic E-state index is 0.0526. The minimum Gasteiger partial charge on any atom is -0.335 e. The van der Waals surface area contributed by atoms with Crippen LogP contribution in [0.25, 0.3) is 11.4 Å². The van der Waals surface area contributed by atoms with E-state index >= 15 is 0 Å². The Morgan fingerprint density at radius 2 is 1.93 bits per heavy atom. The van der Waals surface area contributed by atoms with E-state index in [1.54, 1.807) is 13.8 Å². The van der Waals surface area contributed by atoms with Crippen molar-refractivity contribution in [3.8, 4) is 11.4 Å². The lowest BCUT2D eigenvalue weighted by molar-refractivity contribution is 0.330. The van der Waals surface area contributed by atoms with E-state index in [1.165, 1.54) is 6.07 Å². The lowest BCUT2D eigenvalue weighted by Crippen LogP contribution is -2.37. The standard InChI is InChI=1S/C18H24F2N4O3S/c1-11(2)28(25,26)21-10-12-3-6-14(7-4-12)22-18-23-17(24-27-18)15-8-5-13(19)9-16(15)20/h5,8-9,11-12,14,21H,3-4,6-7,10H2,1-2H3,(H,22,23,24). The molecule has 0 amide bonds. The lowest BCUT2D eigenvalue weighted by atomic mass is 9.86. The van der Waals surface area contributed by atoms with Crippen molar-refractivity contribution in [2.75, 3.05) is 11.9 Å². The molecular weight excluding hydrogens is 390 g/mol. The predicted molar refractivity (Wildman–Crippen MR) is 101 cm³/mol. The summed E-state index contributed by atoms with van der Waals surface area (Å²) >= 11 is 0. The van der Waals surface area contributed by atoms with Crippen LogP contribution in [0.5, 0.6) is 0 Å². The molecule has 1 saturated carbocycles. The fourth-order valence-electron chi connectivity index (χ4n) is 3.15. The van der Waals surface area contributed by atoms with Crippen LogP contribution in [0.3, 0.4) is 0 Å². The molecule has 0 aliphatic heterocycles. The molecule has 154 valence electrons. The highest BCUT2D eigenvalue weighted by Crippen LogP contribution is 2.27. The first-order chi connectivity index (χ1) is 13.2. The number of aromatic nitrogens is 2. The summed E-state index contributed by atoms with van der Waals surface area (Å²) in [6.45, 7) is 3.75. The summed E-state index contributed by atoms with van der Waals surface area (Å²) < 4.78 is 58.3. The van der Waals surface area contributed by atoms with Crippen molar-refractivity contribution < 1.29 is 21.7 Å². The second kappa shape index (κ2) is 8.52. The molecule has 1 aromatic carbocycles. The summed E-state index contributed by atoms with van der Waals surface area (Å²) in [6.07, 6.45) is 3.39. The molecule has 1 aliphatic carbocycles. The van der Waals surface area contributed by atoms with Crippen molar-refractivity contribution in [1.29, 1.82) is 0 Å². The molecular formula is C18H24F2N4O3S. The Kier molecular flexibility index (Phi) is 6.29. The number of nitrogens with zero attached hydrogens (tertiary/aromatic N) is 2. The van der Waals surface area contributed by atoms with E-state index in [1.807, 2.05) is 0 Å². The van der Waals surface area contributed by atoms with Crippen molar-refractivity contribution >= 4 is 16.0 Å². The Morgan fingerprint density at radius 3 is 2.57 bits per heavy atom. The van der Waals surface area contributed by atoms with Crippen molar-refractivity contribution in [3.63, 3.8) is 0 Å². The average molecular weight is 414 g/mol. The first kappa shape index (κ1) is 20.7. The van der Waals surface area contributed by atoms with Gasteiger partial charge >= 0.3 is 6.01 Å². The molecule has 3 rings (SSSR count). The van der Waals surface area contributed by atoms with Gasteiger partial charge in [0.15, 0.2) is 0 Å². The van der Waals surface area contributed by atoms with Crippen LogP contribution in [0.4, 0.5) is 14.8 Å². The quantitative estimate of drug-likeness (QED) is 0.721. The van der Waals surface area contributed by atoms with E-state index in [2.05, 4.69) is 20.2 Å². The first-order valence-corrected chi connectivity index (χ1v) is 10.8. The van der Waals surface area contributed by atoms with Gasteiger partial charge in [0.25, 0.3) is 0 Å². The Balaban J connectivity index is 1.51. The van der Waals surface area contributed by atoms with Gasteiger partial charge in [-0.2, -0.15) is 4.98 Å². The van der Waals surface area contributed by atoms with E-state index in [0.29, 0.717) is 6.54 Å². The molecule has 0 radical (unpaired) electrons. The van der Waals surface area contributed by atoms with Gasteiger partial charge < -0.3 is 9.84 Å². The fraction of sp³-hybridized carbons (Fsp3) is 0.556. The van der Waals surface area contributed by atoms with Crippen molar-refractivity contribution in [2.24, 2.45) is 5.92 Å². The minimum atomic E-state index is -3.24. The number of benzene rings is 1. The zero-order valence-electron chi connectivity index (χ0n) is 15.8. The van der Waals surface area contributed by atoms with E-state index in [-0.39, 0.29) is 29.4 Å². The summed E-state index contributed by atoms with van der Waals surface area (Å²) in [5.74, 6) is -1.08. The number of halogens is 2. The number of sulfonamides is 1. The monoisotopic (exact) mass is 414 g/mol. The van der Waals surface area contributed by atoms with Crippen molar-refractivity contribution in [3.05, 3.63) is 29.8 Å². The molecule has 0 saturated heterocycles. The van der Waals surface area contributed by atoms with Gasteiger partial charge in [-0.25, -0.2) is 21.9 Å². The zero-order chi connectivity index (χ0) is 20.3. The molecule has 28 heavy (non-hydrogen) atoms. The van der Waals surface area contributed by atoms with Crippen molar-refractivity contribution in [2.45, 2.75) is 50.8 Å². The van der Waals surface area contributed by atoms with Gasteiger partial charge in [-0.1, -0.05) is 5.16 Å². The van der Waals surface area contributed by atoms with Crippen LogP contribution < -0.4 is 10.0 Å². The highest BCUT2D eigenvalue weighted by atomic mass is 32.2. The molecule has 1 fully saturated rings. The van der Waals surface area contributed by atoms with Gasteiger partial charge in [-0.15, -0.1) is 0 Å². The number of hydrogen-bond acceptors (Lipinski definition) is 6. The summed E-state index contributed by atoms with van der Waals surface area (Å²) in [5.41, 5.74) is 0.0688. The Bertz CT molecular complexity index is 909. The number of anilines is 1. The predicted octanol–water partition coefficient (Wildman–Crippen LogP) is 3.31. The van der Waals surface area contributed by atoms with Gasteiger partial charge in [0.1, 0.15) is 11.6 Å². The smallest absolute Gasteiger partial charge is 0.322 e. The molecule has 0 atom stereocenters. The Hall–Kier alpha value is -2.07. The number of rotatable bonds is 7. The summed E-state index contributed by atoms with van der Waals surface area (Å²) in [5, 5.41) is 6.44. The van der Waals surface area contributed by atoms with E-state index < -0.39 is 26.9 Å². The fourth-order valence-corrected chi connectivity index (χ4v) is 3.95. The second-order valence-electron chi connectivity index (χ2n) is 7.35. The topological polar surface area (TPSA) is 97.1 Å². The normalized spacial score (nSPS) is 20.5. The third-order valence-electron chi connectivity index (χ3n) is 4.97. The average Bonchev–Trinajstić information content (AvgIpc) is 3.09. The molecule has 0 spiro atoms. The first-order valence-electron chi connectivity index (χ1n) is 9.28. The molecule has 1 aliphatic rings. The van der Waals surface area contributed by atoms with Gasteiger partial charge in [-0.3, -0.25) is 0 Å². The van der Waals surface area contributed by atoms with Gasteiger partial charge in [-0.05, 0) is 57.6 Å². The maximum atomic E-state index is 13.8. The highest BCUT2D eigenvalue weighted by molar-refractivity contribution is 7.90. The molecule has 10 heteroatoms. The van der Waals surface area contributed by atoms with Crippen LogP contribution in [0.15, 0.2) is 22.7 Å². The lowest BCUT2D eigenvalue weighted by Gasteiger charge is -2.28. The van der Waals surface area contributed by atoms with Crippen LogP contribution in [-0.4, -0.2) is 36.4 Å². The molecule has 1 aromatic heterocycles. The maximum absolute atomic E-state index is 13.8. The Labute approximate surface area is 163 Å². The van der Waals surface area contributed by atoms with Gasteiger partial charge in [0.05, 0.1) is 10.8 Å². The third kappa shape index (κ3) is 5.05. The zero-order valence-corrected chi connectivity index (χ0v) is 16.6. The molecule has 0 bridgehead atoms. The van der Waals surface area contributed by atoms with Crippen LogP contribution in [0, 0.1) is 17.6 Å². The number of nitrogens with one attached hydrogen (secondary N) is 2. The van der Waals surface area contributed by atoms with Crippen LogP contribution in [0.2, 0.25) is 0 Å². The summed E-state index contributed by atoms with van der Waals surface area (Å²) in [4.78, 5) is 4.13. The van der Waals surface area contributed by atoms with E-state index in [4.69, 9.17) is 4.52 Å². The molecule has 2 aromatic rings. The third-order valence-corrected chi connectivity index (χ3v) is 6.78. The van der Waals surface area contributed by atoms with E-state index in [0.717, 1.165) is 37.8 Å². The highest BCUT2D eigenvalue weighted by Gasteiger charge is 2.25. The molecule has 2 N–H and O–H groups in total. The van der Waals surface area contributed by atoms with Gasteiger partial charge in [0, 0.05) is 18.7 Å². The largest absolute Gasteiger partial charge is 0.335 e. The summed E-state index contributed by atoms with van der Waals surface area (Å²) in [6, 6.07) is 3.47. The van der Waals surface area contributed by atoms with Crippen molar-refractivity contribution in [1.82, 2.24) is 14.9 Å². The molecule has 7 nitrogen and oxygen atoms in total. The Morgan fingerprint density at radius 1 is 1.21 bits per heavy atom. The maximum Gasteiger partial charge on any atom is 0.322 e. The second-order valence-corrected chi connectivity index (χ2v) is 9.67. The number of hydrogen-bond donors (Lipinski definition) is 2. The molecule has 1 heterocycles. The summed E-state index contributed by atoms with van der Waals surface area (Å²) in [7, 11) is -3.24. The van der Waals surface area contributed by atoms with Crippen LogP contribution in [-0.2, 0) is 10.0 Å². The van der Waals surface area contributed by atoms with Gasteiger partial charge in [0.2, 0.25) is 15.8 Å². The van der Waals surface area contributed by atoms with E-state index in [9.17, 15) is 17.2 Å². The van der Waals surface area contributed by atoms with Crippen LogP contribution in [0.1, 0.15) is 39.5 Å². The van der Waals surface area contributed by atoms with Crippen LogP contribution >= 0.6 is 0 Å². The molecule has 0 unspecified atom stereocenters. The SMILES string of the molecule is CC(C)S(=O)(=O)NCC1CCC(Nc2nc(-c3ccc(F)cc3F)no2)CC1.